The quantitative estimate of drug-likeness (QED) is 0.413. The van der Waals surface area contributed by atoms with E-state index in [2.05, 4.69) is 42.0 Å². The molecule has 2 aliphatic heterocycles. The Hall–Kier alpha value is -4.38. The summed E-state index contributed by atoms with van der Waals surface area (Å²) in [7, 11) is 0. The number of morpholine rings is 1. The number of hydrogen-bond acceptors (Lipinski definition) is 10. The van der Waals surface area contributed by atoms with Gasteiger partial charge in [-0.1, -0.05) is 0 Å². The van der Waals surface area contributed by atoms with Crippen LogP contribution in [0, 0.1) is 6.92 Å². The van der Waals surface area contributed by atoms with Gasteiger partial charge >= 0.3 is 0 Å². The van der Waals surface area contributed by atoms with Crippen molar-refractivity contribution in [2.24, 2.45) is 0 Å². The Labute approximate surface area is 220 Å². The maximum Gasteiger partial charge on any atom is 0.252 e. The van der Waals surface area contributed by atoms with Crippen molar-refractivity contribution in [1.82, 2.24) is 29.9 Å². The number of aromatic nitrogens is 6. The van der Waals surface area contributed by atoms with E-state index in [9.17, 15) is 4.79 Å². The molecule has 1 atom stereocenters. The van der Waals surface area contributed by atoms with Crippen molar-refractivity contribution < 1.29 is 4.74 Å². The Bertz CT molecular complexity index is 1510. The van der Waals surface area contributed by atoms with Crippen LogP contribution < -0.4 is 20.7 Å². The maximum absolute atomic E-state index is 11.6. The van der Waals surface area contributed by atoms with E-state index in [1.807, 2.05) is 37.3 Å². The minimum Gasteiger partial charge on any atom is -0.377 e. The lowest BCUT2D eigenvalue weighted by molar-refractivity contribution is 0.0984. The number of hydrogen-bond donors (Lipinski definition) is 2. The van der Waals surface area contributed by atoms with E-state index in [-0.39, 0.29) is 11.6 Å². The molecular weight excluding hydrogens is 482 g/mol. The second-order valence-corrected chi connectivity index (χ2v) is 9.59. The van der Waals surface area contributed by atoms with Crippen molar-refractivity contribution in [3.63, 3.8) is 0 Å². The molecule has 0 spiro atoms. The van der Waals surface area contributed by atoms with Crippen LogP contribution in [0.5, 0.6) is 0 Å². The van der Waals surface area contributed by atoms with E-state index in [1.165, 1.54) is 12.3 Å². The molecule has 0 unspecified atom stereocenters. The predicted octanol–water partition coefficient (Wildman–Crippen LogP) is 2.86. The lowest BCUT2D eigenvalue weighted by atomic mass is 10.0. The van der Waals surface area contributed by atoms with Crippen molar-refractivity contribution in [1.29, 1.82) is 0 Å². The third kappa shape index (κ3) is 4.92. The molecule has 2 N–H and O–H groups in total. The van der Waals surface area contributed by atoms with Crippen molar-refractivity contribution in [2.45, 2.75) is 32.9 Å². The van der Waals surface area contributed by atoms with Crippen LogP contribution in [-0.4, -0.2) is 62.2 Å². The fourth-order valence-electron chi connectivity index (χ4n) is 4.89. The average molecular weight is 512 g/mol. The first-order chi connectivity index (χ1) is 18.5. The van der Waals surface area contributed by atoms with Crippen LogP contribution >= 0.6 is 0 Å². The van der Waals surface area contributed by atoms with Crippen LogP contribution in [0.2, 0.25) is 0 Å². The van der Waals surface area contributed by atoms with E-state index < -0.39 is 0 Å². The van der Waals surface area contributed by atoms with Crippen LogP contribution in [-0.2, 0) is 17.7 Å². The summed E-state index contributed by atoms with van der Waals surface area (Å²) in [6.07, 6.45) is 3.89. The number of H-pyrrole nitrogens is 1. The number of benzene rings is 1. The van der Waals surface area contributed by atoms with Crippen LogP contribution in [0.3, 0.4) is 0 Å². The molecule has 0 amide bonds. The lowest BCUT2D eigenvalue weighted by Gasteiger charge is -2.38. The van der Waals surface area contributed by atoms with Crippen LogP contribution in [0.1, 0.15) is 23.9 Å². The van der Waals surface area contributed by atoms with Gasteiger partial charge < -0.3 is 19.9 Å². The normalized spacial score (nSPS) is 17.3. The molecule has 3 aromatic heterocycles. The SMILES string of the molecule is Cc1cc(N2CCc3nc(-c4ccc(Nc5nccc(=O)[nH]5)cc4)nc(N4CCOC[C@@H]4C)c3C2)ncn1. The van der Waals surface area contributed by atoms with Crippen LogP contribution in [0.15, 0.2) is 53.7 Å². The number of nitrogens with one attached hydrogen (secondary N) is 2. The Morgan fingerprint density at radius 2 is 1.95 bits per heavy atom. The summed E-state index contributed by atoms with van der Waals surface area (Å²) in [6.45, 7) is 7.78. The average Bonchev–Trinajstić information content (AvgIpc) is 2.93. The summed E-state index contributed by atoms with van der Waals surface area (Å²) in [5, 5.41) is 3.12. The predicted molar refractivity (Wildman–Crippen MR) is 145 cm³/mol. The van der Waals surface area contributed by atoms with Crippen molar-refractivity contribution in [3.8, 4) is 11.4 Å². The molecular formula is C27H29N9O2. The molecule has 1 fully saturated rings. The number of aryl methyl sites for hydroxylation is 1. The Morgan fingerprint density at radius 1 is 1.08 bits per heavy atom. The smallest absolute Gasteiger partial charge is 0.252 e. The summed E-state index contributed by atoms with van der Waals surface area (Å²) in [6, 6.07) is 11.4. The lowest BCUT2D eigenvalue weighted by Crippen LogP contribution is -2.45. The third-order valence-corrected chi connectivity index (χ3v) is 6.87. The number of fused-ring (bicyclic) bond motifs is 1. The minimum absolute atomic E-state index is 0.208. The summed E-state index contributed by atoms with van der Waals surface area (Å²) >= 11 is 0. The highest BCUT2D eigenvalue weighted by atomic mass is 16.5. The highest BCUT2D eigenvalue weighted by molar-refractivity contribution is 5.66. The van der Waals surface area contributed by atoms with Gasteiger partial charge in [-0.2, -0.15) is 0 Å². The van der Waals surface area contributed by atoms with Gasteiger partial charge in [0.1, 0.15) is 18.0 Å². The Balaban J connectivity index is 1.34. The molecule has 0 aliphatic carbocycles. The van der Waals surface area contributed by atoms with Crippen LogP contribution in [0.4, 0.5) is 23.3 Å². The number of rotatable bonds is 5. The van der Waals surface area contributed by atoms with Crippen molar-refractivity contribution in [2.75, 3.05) is 41.4 Å². The Kier molecular flexibility index (Phi) is 6.42. The topological polar surface area (TPSA) is 125 Å². The van der Waals surface area contributed by atoms with E-state index in [4.69, 9.17) is 14.7 Å². The van der Waals surface area contributed by atoms with Crippen molar-refractivity contribution >= 4 is 23.3 Å². The zero-order chi connectivity index (χ0) is 26.1. The zero-order valence-electron chi connectivity index (χ0n) is 21.4. The van der Waals surface area contributed by atoms with Crippen LogP contribution in [0.25, 0.3) is 11.4 Å². The van der Waals surface area contributed by atoms with E-state index in [1.54, 1.807) is 6.33 Å². The molecule has 11 heteroatoms. The summed E-state index contributed by atoms with van der Waals surface area (Å²) < 4.78 is 5.72. The number of nitrogens with zero attached hydrogens (tertiary/aromatic N) is 7. The standard InChI is InChI=1S/C27H29N9O2/c1-17-13-23(30-16-29-17)35-10-8-22-21(14-35)26(36-11-12-38-15-18(36)2)34-25(32-22)19-3-5-20(6-4-19)31-27-28-9-7-24(37)33-27/h3-7,9,13,16,18H,8,10-12,14-15H2,1-2H3,(H2,28,31,33,37)/t18-/m0/s1. The van der Waals surface area contributed by atoms with Gasteiger partial charge in [0.2, 0.25) is 5.95 Å². The highest BCUT2D eigenvalue weighted by Gasteiger charge is 2.29. The zero-order valence-corrected chi connectivity index (χ0v) is 21.4. The first-order valence-corrected chi connectivity index (χ1v) is 12.7. The Morgan fingerprint density at radius 3 is 2.74 bits per heavy atom. The maximum atomic E-state index is 11.6. The van der Waals surface area contributed by atoms with E-state index in [0.29, 0.717) is 31.5 Å². The molecule has 0 saturated carbocycles. The molecule has 4 aromatic rings. The summed E-state index contributed by atoms with van der Waals surface area (Å²) in [5.74, 6) is 2.97. The molecule has 6 rings (SSSR count). The molecule has 38 heavy (non-hydrogen) atoms. The molecule has 11 nitrogen and oxygen atoms in total. The summed E-state index contributed by atoms with van der Waals surface area (Å²) in [4.78, 5) is 41.9. The van der Waals surface area contributed by atoms with Gasteiger partial charge in [-0.3, -0.25) is 9.78 Å². The van der Waals surface area contributed by atoms with Gasteiger partial charge in [0.25, 0.3) is 5.56 Å². The number of anilines is 4. The first kappa shape index (κ1) is 24.0. The molecule has 1 saturated heterocycles. The fraction of sp³-hybridized carbons (Fsp3) is 0.333. The van der Waals surface area contributed by atoms with Gasteiger partial charge in [-0.05, 0) is 38.1 Å². The molecule has 0 radical (unpaired) electrons. The first-order valence-electron chi connectivity index (χ1n) is 12.7. The third-order valence-electron chi connectivity index (χ3n) is 6.87. The number of aromatic amines is 1. The largest absolute Gasteiger partial charge is 0.377 e. The molecule has 2 aliphatic rings. The summed E-state index contributed by atoms with van der Waals surface area (Å²) in [5.41, 5.74) is 4.67. The minimum atomic E-state index is -0.208. The van der Waals surface area contributed by atoms with E-state index in [0.717, 1.165) is 59.3 Å². The van der Waals surface area contributed by atoms with Gasteiger partial charge in [0.05, 0.1) is 24.9 Å². The monoisotopic (exact) mass is 511 g/mol. The highest BCUT2D eigenvalue weighted by Crippen LogP contribution is 2.33. The fourth-order valence-corrected chi connectivity index (χ4v) is 4.89. The van der Waals surface area contributed by atoms with Gasteiger partial charge in [0, 0.05) is 66.9 Å². The van der Waals surface area contributed by atoms with Gasteiger partial charge in [-0.25, -0.2) is 24.9 Å². The second kappa shape index (κ2) is 10.2. The van der Waals surface area contributed by atoms with Crippen molar-refractivity contribution in [3.05, 3.63) is 76.2 Å². The number of ether oxygens (including phenoxy) is 1. The molecule has 1 aromatic carbocycles. The molecule has 0 bridgehead atoms. The van der Waals surface area contributed by atoms with Gasteiger partial charge in [0.15, 0.2) is 5.82 Å². The van der Waals surface area contributed by atoms with Gasteiger partial charge in [-0.15, -0.1) is 0 Å². The van der Waals surface area contributed by atoms with E-state index >= 15 is 0 Å². The molecule has 194 valence electrons. The second-order valence-electron chi connectivity index (χ2n) is 9.59. The molecule has 5 heterocycles.